The second kappa shape index (κ2) is 5.23. The van der Waals surface area contributed by atoms with E-state index in [0.717, 1.165) is 18.1 Å². The maximum absolute atomic E-state index is 4.28. The van der Waals surface area contributed by atoms with Gasteiger partial charge in [0.05, 0.1) is 18.8 Å². The van der Waals surface area contributed by atoms with Crippen LogP contribution in [0.15, 0.2) is 24.0 Å². The number of hydrogen-bond donors (Lipinski definition) is 1. The van der Waals surface area contributed by atoms with Crippen molar-refractivity contribution in [3.63, 3.8) is 0 Å². The van der Waals surface area contributed by atoms with Gasteiger partial charge in [0.1, 0.15) is 5.01 Å². The van der Waals surface area contributed by atoms with Crippen molar-refractivity contribution in [3.05, 3.63) is 34.5 Å². The summed E-state index contributed by atoms with van der Waals surface area (Å²) in [5.74, 6) is 0. The molecule has 1 atom stereocenters. The first kappa shape index (κ1) is 11.3. The van der Waals surface area contributed by atoms with Crippen molar-refractivity contribution >= 4 is 11.3 Å². The van der Waals surface area contributed by atoms with Gasteiger partial charge in [-0.25, -0.2) is 4.98 Å². The predicted molar refractivity (Wildman–Crippen MR) is 65.5 cm³/mol. The van der Waals surface area contributed by atoms with Crippen molar-refractivity contribution in [3.8, 4) is 0 Å². The van der Waals surface area contributed by atoms with Gasteiger partial charge in [-0.15, -0.1) is 11.3 Å². The first-order valence-electron chi connectivity index (χ1n) is 5.37. The molecular formula is C11H16N4S. The Morgan fingerprint density at radius 3 is 3.06 bits per heavy atom. The van der Waals surface area contributed by atoms with Gasteiger partial charge in [-0.1, -0.05) is 0 Å². The summed E-state index contributed by atoms with van der Waals surface area (Å²) in [7, 11) is 0. The van der Waals surface area contributed by atoms with Gasteiger partial charge >= 0.3 is 0 Å². The minimum atomic E-state index is 0.316. The first-order valence-corrected chi connectivity index (χ1v) is 6.25. The molecular weight excluding hydrogens is 220 g/mol. The molecule has 0 aliphatic heterocycles. The maximum Gasteiger partial charge on any atom is 0.109 e. The van der Waals surface area contributed by atoms with Crippen LogP contribution >= 0.6 is 11.3 Å². The second-order valence-corrected chi connectivity index (χ2v) is 4.75. The maximum atomic E-state index is 4.28. The highest BCUT2D eigenvalue weighted by Crippen LogP contribution is 2.13. The van der Waals surface area contributed by atoms with Gasteiger partial charge in [0, 0.05) is 24.3 Å². The van der Waals surface area contributed by atoms with Crippen LogP contribution in [-0.2, 0) is 6.54 Å². The lowest BCUT2D eigenvalue weighted by atomic mass is 10.3. The SMILES string of the molecule is Cc1cnn(CCNC(C)c2nccs2)c1. The molecule has 0 saturated carbocycles. The van der Waals surface area contributed by atoms with Crippen LogP contribution in [0.4, 0.5) is 0 Å². The molecule has 0 bridgehead atoms. The number of aryl methyl sites for hydroxylation is 1. The third-order valence-corrected chi connectivity index (χ3v) is 3.33. The molecule has 0 fully saturated rings. The van der Waals surface area contributed by atoms with E-state index in [1.165, 1.54) is 5.56 Å². The fraction of sp³-hybridized carbons (Fsp3) is 0.455. The van der Waals surface area contributed by atoms with Crippen LogP contribution in [-0.4, -0.2) is 21.3 Å². The van der Waals surface area contributed by atoms with Crippen LogP contribution in [0.2, 0.25) is 0 Å². The van der Waals surface area contributed by atoms with E-state index in [4.69, 9.17) is 0 Å². The highest BCUT2D eigenvalue weighted by Gasteiger charge is 2.06. The average Bonchev–Trinajstić information content (AvgIpc) is 2.89. The van der Waals surface area contributed by atoms with Gasteiger partial charge < -0.3 is 5.32 Å². The van der Waals surface area contributed by atoms with Crippen LogP contribution in [0, 0.1) is 6.92 Å². The van der Waals surface area contributed by atoms with Gasteiger partial charge in [-0.3, -0.25) is 4.68 Å². The molecule has 0 radical (unpaired) electrons. The smallest absolute Gasteiger partial charge is 0.109 e. The van der Waals surface area contributed by atoms with Crippen molar-refractivity contribution < 1.29 is 0 Å². The fourth-order valence-corrected chi connectivity index (χ4v) is 2.19. The molecule has 0 aliphatic rings. The fourth-order valence-electron chi connectivity index (χ4n) is 1.52. The van der Waals surface area contributed by atoms with E-state index in [1.807, 2.05) is 22.5 Å². The molecule has 2 rings (SSSR count). The van der Waals surface area contributed by atoms with E-state index in [-0.39, 0.29) is 0 Å². The van der Waals surface area contributed by atoms with Gasteiger partial charge in [-0.2, -0.15) is 5.10 Å². The number of rotatable bonds is 5. The Balaban J connectivity index is 1.76. The van der Waals surface area contributed by atoms with E-state index in [9.17, 15) is 0 Å². The molecule has 2 aromatic heterocycles. The normalized spacial score (nSPS) is 12.9. The van der Waals surface area contributed by atoms with Crippen LogP contribution in [0.25, 0.3) is 0 Å². The summed E-state index contributed by atoms with van der Waals surface area (Å²) >= 11 is 1.69. The molecule has 5 heteroatoms. The van der Waals surface area contributed by atoms with Crippen molar-refractivity contribution in [2.45, 2.75) is 26.4 Å². The first-order chi connectivity index (χ1) is 7.75. The van der Waals surface area contributed by atoms with E-state index in [1.54, 1.807) is 11.3 Å². The third-order valence-electron chi connectivity index (χ3n) is 2.38. The number of hydrogen-bond acceptors (Lipinski definition) is 4. The summed E-state index contributed by atoms with van der Waals surface area (Å²) in [5.41, 5.74) is 1.20. The van der Waals surface area contributed by atoms with Crippen molar-refractivity contribution in [1.82, 2.24) is 20.1 Å². The molecule has 0 saturated heterocycles. The zero-order chi connectivity index (χ0) is 11.4. The monoisotopic (exact) mass is 236 g/mol. The van der Waals surface area contributed by atoms with Gasteiger partial charge in [0.15, 0.2) is 0 Å². The Hall–Kier alpha value is -1.20. The number of thiazole rings is 1. The number of nitrogens with one attached hydrogen (secondary N) is 1. The topological polar surface area (TPSA) is 42.7 Å². The van der Waals surface area contributed by atoms with E-state index in [2.05, 4.69) is 35.4 Å². The lowest BCUT2D eigenvalue weighted by Crippen LogP contribution is -2.23. The van der Waals surface area contributed by atoms with E-state index >= 15 is 0 Å². The molecule has 1 unspecified atom stereocenters. The van der Waals surface area contributed by atoms with Crippen LogP contribution < -0.4 is 5.32 Å². The largest absolute Gasteiger partial charge is 0.306 e. The molecule has 16 heavy (non-hydrogen) atoms. The second-order valence-electron chi connectivity index (χ2n) is 3.83. The predicted octanol–water partition coefficient (Wildman–Crippen LogP) is 2.00. The van der Waals surface area contributed by atoms with Crippen molar-refractivity contribution in [2.24, 2.45) is 0 Å². The summed E-state index contributed by atoms with van der Waals surface area (Å²) in [6.07, 6.45) is 5.77. The summed E-state index contributed by atoms with van der Waals surface area (Å²) in [6, 6.07) is 0.316. The van der Waals surface area contributed by atoms with Gasteiger partial charge in [0.2, 0.25) is 0 Å². The van der Waals surface area contributed by atoms with Gasteiger partial charge in [-0.05, 0) is 19.4 Å². The third kappa shape index (κ3) is 2.90. The lowest BCUT2D eigenvalue weighted by Gasteiger charge is -2.10. The molecule has 0 spiro atoms. The molecule has 1 N–H and O–H groups in total. The Kier molecular flexibility index (Phi) is 3.69. The minimum absolute atomic E-state index is 0.316. The van der Waals surface area contributed by atoms with Crippen molar-refractivity contribution in [1.29, 1.82) is 0 Å². The summed E-state index contributed by atoms with van der Waals surface area (Å²) < 4.78 is 1.96. The highest BCUT2D eigenvalue weighted by molar-refractivity contribution is 7.09. The summed E-state index contributed by atoms with van der Waals surface area (Å²) in [5, 5.41) is 10.8. The minimum Gasteiger partial charge on any atom is -0.306 e. The van der Waals surface area contributed by atoms with Crippen LogP contribution in [0.5, 0.6) is 0 Å². The molecule has 4 nitrogen and oxygen atoms in total. The Labute approximate surface area is 99.3 Å². The molecule has 2 heterocycles. The zero-order valence-electron chi connectivity index (χ0n) is 9.55. The molecule has 2 aromatic rings. The Morgan fingerprint density at radius 2 is 2.44 bits per heavy atom. The van der Waals surface area contributed by atoms with Crippen LogP contribution in [0.1, 0.15) is 23.5 Å². The van der Waals surface area contributed by atoms with E-state index < -0.39 is 0 Å². The summed E-state index contributed by atoms with van der Waals surface area (Å²) in [4.78, 5) is 4.28. The lowest BCUT2D eigenvalue weighted by molar-refractivity contribution is 0.506. The Bertz CT molecular complexity index is 421. The Morgan fingerprint density at radius 1 is 1.56 bits per heavy atom. The molecule has 0 amide bonds. The number of aromatic nitrogens is 3. The standard InChI is InChI=1S/C11H16N4S/c1-9-7-14-15(8-9)5-3-12-10(2)11-13-4-6-16-11/h4,6-8,10,12H,3,5H2,1-2H3. The zero-order valence-corrected chi connectivity index (χ0v) is 10.4. The van der Waals surface area contributed by atoms with E-state index in [0.29, 0.717) is 6.04 Å². The quantitative estimate of drug-likeness (QED) is 0.863. The average molecular weight is 236 g/mol. The molecule has 0 aromatic carbocycles. The van der Waals surface area contributed by atoms with Crippen LogP contribution in [0.3, 0.4) is 0 Å². The number of nitrogens with zero attached hydrogens (tertiary/aromatic N) is 3. The highest BCUT2D eigenvalue weighted by atomic mass is 32.1. The molecule has 0 aliphatic carbocycles. The molecule has 86 valence electrons. The van der Waals surface area contributed by atoms with Crippen molar-refractivity contribution in [2.75, 3.05) is 6.54 Å². The van der Waals surface area contributed by atoms with Gasteiger partial charge in [0.25, 0.3) is 0 Å². The summed E-state index contributed by atoms with van der Waals surface area (Å²) in [6.45, 7) is 5.98.